The van der Waals surface area contributed by atoms with Crippen molar-refractivity contribution in [1.29, 1.82) is 0 Å². The van der Waals surface area contributed by atoms with Gasteiger partial charge in [0, 0.05) is 30.1 Å². The number of nitrogens with zero attached hydrogens (tertiary/aromatic N) is 2. The van der Waals surface area contributed by atoms with E-state index in [1.165, 1.54) is 4.90 Å². The monoisotopic (exact) mass is 408 g/mol. The minimum atomic E-state index is -1.05. The van der Waals surface area contributed by atoms with Crippen molar-refractivity contribution in [2.45, 2.75) is 58.7 Å². The number of benzene rings is 1. The average molecular weight is 409 g/mol. The summed E-state index contributed by atoms with van der Waals surface area (Å²) in [5, 5.41) is 9.70. The Hall–Kier alpha value is -1.89. The van der Waals surface area contributed by atoms with Crippen LogP contribution in [0.4, 0.5) is 4.79 Å². The molecule has 1 aromatic rings. The fourth-order valence-electron chi connectivity index (χ4n) is 3.24. The standard InChI is InChI=1S/C21H32N2O4S/c1-5-6-12-27-17-9-7-16(8-10-17)14-22-11-13-28-15-18(19(22)24)23(20(25)26)21(2,3)4/h7-10,18H,5-6,11-15H2,1-4H3,(H,25,26). The average Bonchev–Trinajstić information content (AvgIpc) is 2.78. The van der Waals surface area contributed by atoms with Gasteiger partial charge in [-0.2, -0.15) is 11.8 Å². The van der Waals surface area contributed by atoms with Gasteiger partial charge in [0.1, 0.15) is 11.8 Å². The van der Waals surface area contributed by atoms with Crippen molar-refractivity contribution >= 4 is 23.8 Å². The molecule has 2 amide bonds. The van der Waals surface area contributed by atoms with E-state index in [1.54, 1.807) is 16.7 Å². The summed E-state index contributed by atoms with van der Waals surface area (Å²) < 4.78 is 5.69. The first-order valence-electron chi connectivity index (χ1n) is 9.84. The highest BCUT2D eigenvalue weighted by Crippen LogP contribution is 2.25. The van der Waals surface area contributed by atoms with E-state index >= 15 is 0 Å². The molecule has 1 heterocycles. The minimum Gasteiger partial charge on any atom is -0.494 e. The number of unbranched alkanes of at least 4 members (excludes halogenated alkanes) is 1. The van der Waals surface area contributed by atoms with Crippen LogP contribution in [0.25, 0.3) is 0 Å². The Kier molecular flexibility index (Phi) is 8.04. The molecule has 28 heavy (non-hydrogen) atoms. The molecule has 6 nitrogen and oxygen atoms in total. The second-order valence-electron chi connectivity index (χ2n) is 8.02. The third-order valence-electron chi connectivity index (χ3n) is 4.68. The van der Waals surface area contributed by atoms with Gasteiger partial charge in [-0.25, -0.2) is 4.79 Å². The Bertz CT molecular complexity index is 657. The van der Waals surface area contributed by atoms with E-state index < -0.39 is 17.7 Å². The number of carboxylic acid groups (broad SMARTS) is 1. The van der Waals surface area contributed by atoms with Crippen molar-refractivity contribution in [3.05, 3.63) is 29.8 Å². The van der Waals surface area contributed by atoms with E-state index in [-0.39, 0.29) is 5.91 Å². The summed E-state index contributed by atoms with van der Waals surface area (Å²) in [5.74, 6) is 2.00. The third-order valence-corrected chi connectivity index (χ3v) is 5.70. The summed E-state index contributed by atoms with van der Waals surface area (Å²) in [7, 11) is 0. The van der Waals surface area contributed by atoms with E-state index in [2.05, 4.69) is 6.92 Å². The fraction of sp³-hybridized carbons (Fsp3) is 0.619. The maximum Gasteiger partial charge on any atom is 0.408 e. The van der Waals surface area contributed by atoms with Crippen molar-refractivity contribution in [2.75, 3.05) is 24.7 Å². The number of ether oxygens (including phenoxy) is 1. The highest BCUT2D eigenvalue weighted by atomic mass is 32.2. The van der Waals surface area contributed by atoms with Crippen LogP contribution >= 0.6 is 11.8 Å². The fourth-order valence-corrected chi connectivity index (χ4v) is 4.27. The lowest BCUT2D eigenvalue weighted by Crippen LogP contribution is -2.57. The van der Waals surface area contributed by atoms with Crippen molar-refractivity contribution in [1.82, 2.24) is 9.80 Å². The Morgan fingerprint density at radius 3 is 2.57 bits per heavy atom. The minimum absolute atomic E-state index is 0.120. The van der Waals surface area contributed by atoms with E-state index in [0.29, 0.717) is 25.4 Å². The zero-order chi connectivity index (χ0) is 20.7. The van der Waals surface area contributed by atoms with Gasteiger partial charge in [0.15, 0.2) is 0 Å². The van der Waals surface area contributed by atoms with Gasteiger partial charge in [-0.05, 0) is 44.9 Å². The van der Waals surface area contributed by atoms with Gasteiger partial charge in [0.05, 0.1) is 6.61 Å². The van der Waals surface area contributed by atoms with Gasteiger partial charge in [-0.15, -0.1) is 0 Å². The lowest BCUT2D eigenvalue weighted by atomic mass is 10.0. The molecule has 1 fully saturated rings. The number of amides is 2. The highest BCUT2D eigenvalue weighted by molar-refractivity contribution is 7.99. The lowest BCUT2D eigenvalue weighted by molar-refractivity contribution is -0.137. The summed E-state index contributed by atoms with van der Waals surface area (Å²) in [6.45, 7) is 9.40. The van der Waals surface area contributed by atoms with Gasteiger partial charge < -0.3 is 14.7 Å². The summed E-state index contributed by atoms with van der Waals surface area (Å²) in [6.07, 6.45) is 1.06. The molecule has 1 aromatic carbocycles. The maximum atomic E-state index is 13.2. The van der Waals surface area contributed by atoms with Crippen LogP contribution in [0.15, 0.2) is 24.3 Å². The van der Waals surface area contributed by atoms with Crippen LogP contribution in [-0.2, 0) is 11.3 Å². The summed E-state index contributed by atoms with van der Waals surface area (Å²) in [5.41, 5.74) is 0.375. The Balaban J connectivity index is 2.10. The molecule has 7 heteroatoms. The van der Waals surface area contributed by atoms with Gasteiger partial charge in [0.2, 0.25) is 5.91 Å². The molecule has 0 spiro atoms. The van der Waals surface area contributed by atoms with Crippen LogP contribution in [0.2, 0.25) is 0 Å². The van der Waals surface area contributed by atoms with Crippen LogP contribution in [0.5, 0.6) is 5.75 Å². The Labute approximate surface area is 172 Å². The zero-order valence-electron chi connectivity index (χ0n) is 17.3. The lowest BCUT2D eigenvalue weighted by Gasteiger charge is -2.39. The first-order chi connectivity index (χ1) is 13.2. The van der Waals surface area contributed by atoms with Gasteiger partial charge in [-0.1, -0.05) is 25.5 Å². The van der Waals surface area contributed by atoms with E-state index in [0.717, 1.165) is 29.9 Å². The number of thioether (sulfide) groups is 1. The molecule has 1 saturated heterocycles. The normalized spacial score (nSPS) is 17.9. The summed E-state index contributed by atoms with van der Waals surface area (Å²) in [6, 6.07) is 7.14. The van der Waals surface area contributed by atoms with E-state index in [1.807, 2.05) is 45.0 Å². The van der Waals surface area contributed by atoms with Crippen molar-refractivity contribution < 1.29 is 19.4 Å². The second-order valence-corrected chi connectivity index (χ2v) is 9.17. The largest absolute Gasteiger partial charge is 0.494 e. The van der Waals surface area contributed by atoms with Crippen molar-refractivity contribution in [3.63, 3.8) is 0 Å². The number of carbonyl (C=O) groups excluding carboxylic acids is 1. The molecular formula is C21H32N2O4S. The molecule has 1 N–H and O–H groups in total. The molecule has 0 bridgehead atoms. The highest BCUT2D eigenvalue weighted by Gasteiger charge is 2.40. The summed E-state index contributed by atoms with van der Waals surface area (Å²) in [4.78, 5) is 28.1. The maximum absolute atomic E-state index is 13.2. The van der Waals surface area contributed by atoms with Gasteiger partial charge in [-0.3, -0.25) is 9.69 Å². The summed E-state index contributed by atoms with van der Waals surface area (Å²) >= 11 is 1.63. The Morgan fingerprint density at radius 2 is 2.00 bits per heavy atom. The first-order valence-corrected chi connectivity index (χ1v) is 11.0. The van der Waals surface area contributed by atoms with Crippen LogP contribution in [0.3, 0.4) is 0 Å². The quantitative estimate of drug-likeness (QED) is 0.688. The predicted octanol–water partition coefficient (Wildman–Crippen LogP) is 4.09. The molecular weight excluding hydrogens is 376 g/mol. The van der Waals surface area contributed by atoms with Crippen molar-refractivity contribution in [2.24, 2.45) is 0 Å². The molecule has 0 aromatic heterocycles. The number of rotatable bonds is 7. The number of carbonyl (C=O) groups is 2. The second kappa shape index (κ2) is 10.0. The molecule has 0 saturated carbocycles. The molecule has 0 radical (unpaired) electrons. The molecule has 1 aliphatic rings. The molecule has 156 valence electrons. The van der Waals surface area contributed by atoms with E-state index in [4.69, 9.17) is 4.74 Å². The van der Waals surface area contributed by atoms with Crippen LogP contribution in [-0.4, -0.2) is 63.1 Å². The molecule has 1 aliphatic heterocycles. The zero-order valence-corrected chi connectivity index (χ0v) is 18.1. The van der Waals surface area contributed by atoms with Gasteiger partial charge >= 0.3 is 6.09 Å². The van der Waals surface area contributed by atoms with Crippen LogP contribution in [0, 0.1) is 0 Å². The number of hydrogen-bond acceptors (Lipinski definition) is 4. The number of hydrogen-bond donors (Lipinski definition) is 1. The van der Waals surface area contributed by atoms with E-state index in [9.17, 15) is 14.7 Å². The molecule has 1 unspecified atom stereocenters. The molecule has 2 rings (SSSR count). The third kappa shape index (κ3) is 6.06. The SMILES string of the molecule is CCCCOc1ccc(CN2CCSCC(N(C(=O)O)C(C)(C)C)C2=O)cc1. The predicted molar refractivity (Wildman–Crippen MR) is 113 cm³/mol. The smallest absolute Gasteiger partial charge is 0.408 e. The molecule has 0 aliphatic carbocycles. The van der Waals surface area contributed by atoms with Crippen LogP contribution < -0.4 is 4.74 Å². The van der Waals surface area contributed by atoms with Gasteiger partial charge in [0.25, 0.3) is 0 Å². The van der Waals surface area contributed by atoms with Crippen molar-refractivity contribution in [3.8, 4) is 5.75 Å². The Morgan fingerprint density at radius 1 is 1.32 bits per heavy atom. The first kappa shape index (κ1) is 22.4. The molecule has 1 atom stereocenters. The topological polar surface area (TPSA) is 70.1 Å². The van der Waals surface area contributed by atoms with Crippen LogP contribution in [0.1, 0.15) is 46.1 Å².